The van der Waals surface area contributed by atoms with Crippen molar-refractivity contribution >= 4 is 17.6 Å². The number of methoxy groups -OCH3 is 3. The van der Waals surface area contributed by atoms with Crippen molar-refractivity contribution in [1.82, 2.24) is 0 Å². The maximum absolute atomic E-state index is 12.6. The molecule has 24 heavy (non-hydrogen) atoms. The molecule has 0 aromatic heterocycles. The van der Waals surface area contributed by atoms with Crippen LogP contribution in [0.5, 0.6) is 17.2 Å². The van der Waals surface area contributed by atoms with Crippen molar-refractivity contribution in [2.24, 2.45) is 0 Å². The summed E-state index contributed by atoms with van der Waals surface area (Å²) in [5.41, 5.74) is 0.457. The maximum Gasteiger partial charge on any atom is 0.335 e. The molecular formula is C17H17NO6. The summed E-state index contributed by atoms with van der Waals surface area (Å²) in [6.45, 7) is 0. The Kier molecular flexibility index (Phi) is 5.26. The van der Waals surface area contributed by atoms with Gasteiger partial charge in [0.05, 0.1) is 32.6 Å². The van der Waals surface area contributed by atoms with Gasteiger partial charge in [0.15, 0.2) is 0 Å². The SMILES string of the molecule is COc1ccc(C(=O)O)cc1NC(=O)c1c(OC)cccc1OC. The predicted octanol–water partition coefficient (Wildman–Crippen LogP) is 2.66. The Balaban J connectivity index is 2.43. The summed E-state index contributed by atoms with van der Waals surface area (Å²) in [7, 11) is 4.31. The van der Waals surface area contributed by atoms with Crippen LogP contribution in [0, 0.1) is 0 Å². The molecule has 0 fully saturated rings. The third kappa shape index (κ3) is 3.40. The average Bonchev–Trinajstić information content (AvgIpc) is 2.60. The van der Waals surface area contributed by atoms with E-state index in [9.17, 15) is 9.59 Å². The number of amides is 1. The Labute approximate surface area is 138 Å². The fraction of sp³-hybridized carbons (Fsp3) is 0.176. The molecule has 0 saturated heterocycles. The molecule has 2 aromatic carbocycles. The van der Waals surface area contributed by atoms with Crippen LogP contribution in [-0.4, -0.2) is 38.3 Å². The van der Waals surface area contributed by atoms with E-state index in [-0.39, 0.29) is 16.8 Å². The van der Waals surface area contributed by atoms with E-state index in [4.69, 9.17) is 19.3 Å². The van der Waals surface area contributed by atoms with E-state index in [1.165, 1.54) is 39.5 Å². The number of anilines is 1. The summed E-state index contributed by atoms with van der Waals surface area (Å²) in [5.74, 6) is -0.615. The van der Waals surface area contributed by atoms with E-state index >= 15 is 0 Å². The largest absolute Gasteiger partial charge is 0.496 e. The number of hydrogen-bond donors (Lipinski definition) is 2. The van der Waals surface area contributed by atoms with Crippen LogP contribution in [0.15, 0.2) is 36.4 Å². The summed E-state index contributed by atoms with van der Waals surface area (Å²) in [5, 5.41) is 11.7. The first-order chi connectivity index (χ1) is 11.5. The number of benzene rings is 2. The molecule has 0 aliphatic carbocycles. The molecule has 0 unspecified atom stereocenters. The van der Waals surface area contributed by atoms with Crippen molar-refractivity contribution < 1.29 is 28.9 Å². The average molecular weight is 331 g/mol. The lowest BCUT2D eigenvalue weighted by Gasteiger charge is -2.15. The first kappa shape index (κ1) is 17.1. The molecule has 1 amide bonds. The van der Waals surface area contributed by atoms with Crippen molar-refractivity contribution in [3.05, 3.63) is 47.5 Å². The van der Waals surface area contributed by atoms with Crippen LogP contribution in [0.25, 0.3) is 0 Å². The lowest BCUT2D eigenvalue weighted by molar-refractivity contribution is 0.0696. The Morgan fingerprint density at radius 1 is 0.917 bits per heavy atom. The van der Waals surface area contributed by atoms with Crippen LogP contribution >= 0.6 is 0 Å². The first-order valence-electron chi connectivity index (χ1n) is 6.95. The third-order valence-electron chi connectivity index (χ3n) is 3.35. The number of aromatic carboxylic acids is 1. The maximum atomic E-state index is 12.6. The zero-order valence-electron chi connectivity index (χ0n) is 13.5. The molecule has 126 valence electrons. The number of carboxylic acid groups (broad SMARTS) is 1. The summed E-state index contributed by atoms with van der Waals surface area (Å²) in [6, 6.07) is 9.13. The zero-order valence-corrected chi connectivity index (χ0v) is 13.5. The highest BCUT2D eigenvalue weighted by atomic mass is 16.5. The highest BCUT2D eigenvalue weighted by Gasteiger charge is 2.20. The number of carboxylic acids is 1. The minimum atomic E-state index is -1.11. The predicted molar refractivity (Wildman–Crippen MR) is 87.5 cm³/mol. The van der Waals surface area contributed by atoms with Gasteiger partial charge in [0.1, 0.15) is 22.8 Å². The van der Waals surface area contributed by atoms with Gasteiger partial charge in [0, 0.05) is 0 Å². The quantitative estimate of drug-likeness (QED) is 0.845. The molecule has 0 spiro atoms. The van der Waals surface area contributed by atoms with Gasteiger partial charge in [0.25, 0.3) is 5.91 Å². The van der Waals surface area contributed by atoms with Crippen LogP contribution in [0.1, 0.15) is 20.7 Å². The van der Waals surface area contributed by atoms with Gasteiger partial charge in [-0.2, -0.15) is 0 Å². The second-order valence-electron chi connectivity index (χ2n) is 4.71. The summed E-state index contributed by atoms with van der Waals surface area (Å²) in [4.78, 5) is 23.8. The summed E-state index contributed by atoms with van der Waals surface area (Å²) in [6.07, 6.45) is 0. The van der Waals surface area contributed by atoms with Gasteiger partial charge in [-0.1, -0.05) is 6.07 Å². The molecule has 0 atom stereocenters. The van der Waals surface area contributed by atoms with E-state index in [0.29, 0.717) is 17.2 Å². The van der Waals surface area contributed by atoms with Crippen molar-refractivity contribution in [2.75, 3.05) is 26.6 Å². The number of carbonyl (C=O) groups excluding carboxylic acids is 1. The van der Waals surface area contributed by atoms with Gasteiger partial charge < -0.3 is 24.6 Å². The lowest BCUT2D eigenvalue weighted by Crippen LogP contribution is -2.15. The Morgan fingerprint density at radius 2 is 1.50 bits per heavy atom. The molecule has 7 nitrogen and oxygen atoms in total. The zero-order chi connectivity index (χ0) is 17.7. The Bertz CT molecular complexity index is 749. The van der Waals surface area contributed by atoms with Crippen molar-refractivity contribution in [2.45, 2.75) is 0 Å². The fourth-order valence-electron chi connectivity index (χ4n) is 2.20. The Hall–Kier alpha value is -3.22. The third-order valence-corrected chi connectivity index (χ3v) is 3.35. The van der Waals surface area contributed by atoms with Crippen molar-refractivity contribution in [3.8, 4) is 17.2 Å². The highest BCUT2D eigenvalue weighted by Crippen LogP contribution is 2.31. The second kappa shape index (κ2) is 7.36. The number of hydrogen-bond acceptors (Lipinski definition) is 5. The van der Waals surface area contributed by atoms with E-state index < -0.39 is 11.9 Å². The molecular weight excluding hydrogens is 314 g/mol. The molecule has 2 aromatic rings. The van der Waals surface area contributed by atoms with E-state index in [1.807, 2.05) is 0 Å². The number of rotatable bonds is 6. The molecule has 0 saturated carbocycles. The fourth-order valence-corrected chi connectivity index (χ4v) is 2.20. The monoisotopic (exact) mass is 331 g/mol. The minimum Gasteiger partial charge on any atom is -0.496 e. The van der Waals surface area contributed by atoms with Crippen LogP contribution in [0.3, 0.4) is 0 Å². The summed E-state index contributed by atoms with van der Waals surface area (Å²) < 4.78 is 15.6. The number of nitrogens with one attached hydrogen (secondary N) is 1. The van der Waals surface area contributed by atoms with Crippen LogP contribution < -0.4 is 19.5 Å². The van der Waals surface area contributed by atoms with Gasteiger partial charge in [0.2, 0.25) is 0 Å². The van der Waals surface area contributed by atoms with Gasteiger partial charge in [-0.05, 0) is 30.3 Å². The van der Waals surface area contributed by atoms with E-state index in [0.717, 1.165) is 0 Å². The van der Waals surface area contributed by atoms with Crippen molar-refractivity contribution in [1.29, 1.82) is 0 Å². The van der Waals surface area contributed by atoms with E-state index in [1.54, 1.807) is 18.2 Å². The van der Waals surface area contributed by atoms with Crippen LogP contribution in [-0.2, 0) is 0 Å². The molecule has 0 aliphatic rings. The highest BCUT2D eigenvalue weighted by molar-refractivity contribution is 6.09. The van der Waals surface area contributed by atoms with Gasteiger partial charge in [-0.15, -0.1) is 0 Å². The van der Waals surface area contributed by atoms with E-state index in [2.05, 4.69) is 5.32 Å². The number of carbonyl (C=O) groups is 2. The normalized spacial score (nSPS) is 9.96. The number of ether oxygens (including phenoxy) is 3. The van der Waals surface area contributed by atoms with Crippen LogP contribution in [0.2, 0.25) is 0 Å². The minimum absolute atomic E-state index is 0.0260. The lowest BCUT2D eigenvalue weighted by atomic mass is 10.1. The molecule has 2 N–H and O–H groups in total. The molecule has 2 rings (SSSR count). The standard InChI is InChI=1S/C17H17NO6/c1-22-12-8-7-10(17(20)21)9-11(12)18-16(19)15-13(23-2)5-4-6-14(15)24-3/h4-9H,1-3H3,(H,18,19)(H,20,21). The van der Waals surface area contributed by atoms with Gasteiger partial charge in [-0.3, -0.25) is 4.79 Å². The Morgan fingerprint density at radius 3 is 2.00 bits per heavy atom. The van der Waals surface area contributed by atoms with Crippen molar-refractivity contribution in [3.63, 3.8) is 0 Å². The second-order valence-corrected chi connectivity index (χ2v) is 4.71. The molecule has 0 radical (unpaired) electrons. The van der Waals surface area contributed by atoms with Crippen LogP contribution in [0.4, 0.5) is 5.69 Å². The molecule has 0 bridgehead atoms. The molecule has 0 heterocycles. The summed E-state index contributed by atoms with van der Waals surface area (Å²) >= 11 is 0. The van der Waals surface area contributed by atoms with Gasteiger partial charge in [-0.25, -0.2) is 4.79 Å². The smallest absolute Gasteiger partial charge is 0.335 e. The van der Waals surface area contributed by atoms with Gasteiger partial charge >= 0.3 is 5.97 Å². The topological polar surface area (TPSA) is 94.1 Å². The molecule has 7 heteroatoms. The first-order valence-corrected chi connectivity index (χ1v) is 6.95. The molecule has 0 aliphatic heterocycles.